The predicted octanol–water partition coefficient (Wildman–Crippen LogP) is 2.77. The fraction of sp³-hybridized carbons (Fsp3) is 0.143. The molecule has 0 atom stereocenters. The summed E-state index contributed by atoms with van der Waals surface area (Å²) in [6, 6.07) is 13.5. The molecule has 0 saturated carbocycles. The second-order valence-corrected chi connectivity index (χ2v) is 6.66. The summed E-state index contributed by atoms with van der Waals surface area (Å²) in [5.41, 5.74) is 7.21. The lowest BCUT2D eigenvalue weighted by atomic mass is 10.1. The summed E-state index contributed by atoms with van der Waals surface area (Å²) in [5.74, 6) is -0.0435. The van der Waals surface area contributed by atoms with Crippen LogP contribution in [0.2, 0.25) is 5.02 Å². The Balaban J connectivity index is 2.25. The zero-order chi connectivity index (χ0) is 13.9. The van der Waals surface area contributed by atoms with Gasteiger partial charge < -0.3 is 5.73 Å². The normalized spacial score (nSPS) is 11.5. The van der Waals surface area contributed by atoms with Crippen molar-refractivity contribution in [3.8, 4) is 0 Å². The maximum atomic E-state index is 12.2. The highest BCUT2D eigenvalue weighted by Gasteiger charge is 2.15. The van der Waals surface area contributed by atoms with Crippen LogP contribution in [-0.2, 0) is 22.1 Å². The Labute approximate surface area is 117 Å². The van der Waals surface area contributed by atoms with E-state index in [-0.39, 0.29) is 10.6 Å². The Morgan fingerprint density at radius 2 is 1.63 bits per heavy atom. The zero-order valence-corrected chi connectivity index (χ0v) is 11.8. The summed E-state index contributed by atoms with van der Waals surface area (Å²) in [6.07, 6.45) is 0. The molecular formula is C14H14ClNO2S. The van der Waals surface area contributed by atoms with Crippen LogP contribution in [0.25, 0.3) is 0 Å². The number of nitrogens with two attached hydrogens (primary N) is 1. The van der Waals surface area contributed by atoms with E-state index < -0.39 is 9.84 Å². The second-order valence-electron chi connectivity index (χ2n) is 4.24. The van der Waals surface area contributed by atoms with Crippen molar-refractivity contribution in [2.75, 3.05) is 0 Å². The lowest BCUT2D eigenvalue weighted by Crippen LogP contribution is -2.05. The third kappa shape index (κ3) is 3.56. The van der Waals surface area contributed by atoms with Crippen molar-refractivity contribution < 1.29 is 8.42 Å². The van der Waals surface area contributed by atoms with Crippen LogP contribution in [0.4, 0.5) is 0 Å². The van der Waals surface area contributed by atoms with Crippen LogP contribution in [0, 0.1) is 0 Å². The average molecular weight is 296 g/mol. The van der Waals surface area contributed by atoms with Gasteiger partial charge in [0.25, 0.3) is 0 Å². The zero-order valence-electron chi connectivity index (χ0n) is 10.2. The van der Waals surface area contributed by atoms with E-state index in [1.807, 2.05) is 12.1 Å². The minimum Gasteiger partial charge on any atom is -0.326 e. The Morgan fingerprint density at radius 1 is 1.00 bits per heavy atom. The first-order chi connectivity index (χ1) is 9.01. The van der Waals surface area contributed by atoms with Crippen molar-refractivity contribution in [2.45, 2.75) is 17.2 Å². The van der Waals surface area contributed by atoms with Crippen molar-refractivity contribution in [2.24, 2.45) is 5.73 Å². The van der Waals surface area contributed by atoms with Gasteiger partial charge in [-0.15, -0.1) is 0 Å². The molecule has 0 aliphatic heterocycles. The highest BCUT2D eigenvalue weighted by atomic mass is 35.5. The van der Waals surface area contributed by atoms with Gasteiger partial charge in [-0.05, 0) is 29.3 Å². The van der Waals surface area contributed by atoms with Crippen molar-refractivity contribution in [3.63, 3.8) is 0 Å². The molecule has 5 heteroatoms. The first-order valence-corrected chi connectivity index (χ1v) is 7.80. The molecule has 0 aliphatic carbocycles. The van der Waals surface area contributed by atoms with Crippen LogP contribution in [0.5, 0.6) is 0 Å². The van der Waals surface area contributed by atoms with Crippen molar-refractivity contribution in [1.29, 1.82) is 0 Å². The quantitative estimate of drug-likeness (QED) is 0.943. The number of halogens is 1. The van der Waals surface area contributed by atoms with E-state index in [0.29, 0.717) is 11.6 Å². The van der Waals surface area contributed by atoms with Crippen molar-refractivity contribution in [3.05, 3.63) is 64.7 Å². The predicted molar refractivity (Wildman–Crippen MR) is 76.7 cm³/mol. The molecule has 2 rings (SSSR count). The third-order valence-electron chi connectivity index (χ3n) is 2.77. The Kier molecular flexibility index (Phi) is 4.24. The van der Waals surface area contributed by atoms with Gasteiger partial charge in [-0.2, -0.15) is 0 Å². The molecule has 2 N–H and O–H groups in total. The molecule has 0 saturated heterocycles. The summed E-state index contributed by atoms with van der Waals surface area (Å²) in [5, 5.41) is 0.416. The lowest BCUT2D eigenvalue weighted by molar-refractivity contribution is 0.595. The highest BCUT2D eigenvalue weighted by molar-refractivity contribution is 7.90. The third-order valence-corrected chi connectivity index (χ3v) is 4.69. The molecule has 0 aliphatic rings. The van der Waals surface area contributed by atoms with Gasteiger partial charge >= 0.3 is 0 Å². The van der Waals surface area contributed by atoms with Gasteiger partial charge in [0.05, 0.1) is 10.6 Å². The molecule has 0 heterocycles. The molecule has 0 fully saturated rings. The number of sulfone groups is 1. The monoisotopic (exact) mass is 295 g/mol. The Morgan fingerprint density at radius 3 is 2.21 bits per heavy atom. The molecule has 3 nitrogen and oxygen atoms in total. The minimum absolute atomic E-state index is 0.0435. The average Bonchev–Trinajstić information content (AvgIpc) is 2.39. The van der Waals surface area contributed by atoms with Crippen LogP contribution in [-0.4, -0.2) is 8.42 Å². The number of benzene rings is 2. The van der Waals surface area contributed by atoms with Crippen molar-refractivity contribution in [1.82, 2.24) is 0 Å². The second kappa shape index (κ2) is 5.74. The molecular weight excluding hydrogens is 282 g/mol. The van der Waals surface area contributed by atoms with Crippen LogP contribution < -0.4 is 5.73 Å². The topological polar surface area (TPSA) is 60.2 Å². The fourth-order valence-electron chi connectivity index (χ4n) is 1.73. The highest BCUT2D eigenvalue weighted by Crippen LogP contribution is 2.20. The maximum Gasteiger partial charge on any atom is 0.182 e. The number of hydrogen-bond donors (Lipinski definition) is 1. The van der Waals surface area contributed by atoms with E-state index in [4.69, 9.17) is 17.3 Å². The molecule has 19 heavy (non-hydrogen) atoms. The minimum atomic E-state index is -3.37. The summed E-state index contributed by atoms with van der Waals surface area (Å²) in [6.45, 7) is 0.446. The Hall–Kier alpha value is -1.36. The molecule has 0 unspecified atom stereocenters. The van der Waals surface area contributed by atoms with Gasteiger partial charge in [-0.25, -0.2) is 8.42 Å². The fourth-order valence-corrected chi connectivity index (χ4v) is 3.38. The molecule has 2 aromatic rings. The molecule has 2 aromatic carbocycles. The van der Waals surface area contributed by atoms with Crippen LogP contribution in [0.3, 0.4) is 0 Å². The first-order valence-electron chi connectivity index (χ1n) is 5.77. The van der Waals surface area contributed by atoms with Gasteiger partial charge in [0.2, 0.25) is 0 Å². The van der Waals surface area contributed by atoms with Gasteiger partial charge in [-0.1, -0.05) is 41.9 Å². The number of hydrogen-bond acceptors (Lipinski definition) is 3. The molecule has 0 amide bonds. The summed E-state index contributed by atoms with van der Waals surface area (Å²) in [4.78, 5) is 0.239. The smallest absolute Gasteiger partial charge is 0.182 e. The molecule has 0 bridgehead atoms. The van der Waals surface area contributed by atoms with E-state index in [0.717, 1.165) is 11.1 Å². The Bertz CT molecular complexity index is 666. The van der Waals surface area contributed by atoms with E-state index in [1.54, 1.807) is 30.3 Å². The maximum absolute atomic E-state index is 12.2. The van der Waals surface area contributed by atoms with Crippen LogP contribution in [0.1, 0.15) is 11.1 Å². The standard InChI is InChI=1S/C14H14ClNO2S/c15-13-2-1-3-14(8-13)19(17,18)10-12-6-4-11(9-16)5-7-12/h1-8H,9-10,16H2. The summed E-state index contributed by atoms with van der Waals surface area (Å²) < 4.78 is 24.4. The SMILES string of the molecule is NCc1ccc(CS(=O)(=O)c2cccc(Cl)c2)cc1. The number of rotatable bonds is 4. The van der Waals surface area contributed by atoms with Gasteiger partial charge in [0.1, 0.15) is 0 Å². The largest absolute Gasteiger partial charge is 0.326 e. The van der Waals surface area contributed by atoms with E-state index in [2.05, 4.69) is 0 Å². The molecule has 100 valence electrons. The molecule has 0 aromatic heterocycles. The first kappa shape index (κ1) is 14.1. The van der Waals surface area contributed by atoms with Gasteiger partial charge in [0, 0.05) is 11.6 Å². The van der Waals surface area contributed by atoms with Crippen molar-refractivity contribution >= 4 is 21.4 Å². The van der Waals surface area contributed by atoms with Gasteiger partial charge in [0.15, 0.2) is 9.84 Å². The molecule has 0 spiro atoms. The lowest BCUT2D eigenvalue weighted by Gasteiger charge is -2.06. The van der Waals surface area contributed by atoms with E-state index in [9.17, 15) is 8.42 Å². The van der Waals surface area contributed by atoms with Gasteiger partial charge in [-0.3, -0.25) is 0 Å². The van der Waals surface area contributed by atoms with E-state index >= 15 is 0 Å². The summed E-state index contributed by atoms with van der Waals surface area (Å²) >= 11 is 5.82. The van der Waals surface area contributed by atoms with Crippen LogP contribution >= 0.6 is 11.6 Å². The molecule has 0 radical (unpaired) electrons. The van der Waals surface area contributed by atoms with Crippen LogP contribution in [0.15, 0.2) is 53.4 Å². The summed E-state index contributed by atoms with van der Waals surface area (Å²) in [7, 11) is -3.37. The van der Waals surface area contributed by atoms with E-state index in [1.165, 1.54) is 6.07 Å².